The third-order valence-corrected chi connectivity index (χ3v) is 6.91. The van der Waals surface area contributed by atoms with E-state index in [1.54, 1.807) is 15.8 Å². The van der Waals surface area contributed by atoms with Crippen molar-refractivity contribution < 1.29 is 0 Å². The lowest BCUT2D eigenvalue weighted by Crippen LogP contribution is -2.15. The molecule has 0 atom stereocenters. The summed E-state index contributed by atoms with van der Waals surface area (Å²) in [5.41, 5.74) is 0. The van der Waals surface area contributed by atoms with E-state index in [0.717, 1.165) is 17.8 Å². The van der Waals surface area contributed by atoms with Gasteiger partial charge in [0.1, 0.15) is 0 Å². The van der Waals surface area contributed by atoms with Crippen LogP contribution in [0.25, 0.3) is 0 Å². The second-order valence-electron chi connectivity index (χ2n) is 6.78. The van der Waals surface area contributed by atoms with Gasteiger partial charge in [0.15, 0.2) is 0 Å². The molecular weight excluding hydrogens is 231 g/mol. The summed E-state index contributed by atoms with van der Waals surface area (Å²) in [6.07, 6.45) is 4.44. The van der Waals surface area contributed by atoms with Crippen molar-refractivity contribution in [3.8, 4) is 0 Å². The van der Waals surface area contributed by atoms with Crippen molar-refractivity contribution in [1.82, 2.24) is 0 Å². The van der Waals surface area contributed by atoms with E-state index in [0.29, 0.717) is 0 Å². The van der Waals surface area contributed by atoms with Crippen molar-refractivity contribution in [2.75, 3.05) is 0 Å². The maximum absolute atomic E-state index is 2.37. The van der Waals surface area contributed by atoms with Gasteiger partial charge >= 0.3 is 0 Å². The van der Waals surface area contributed by atoms with Gasteiger partial charge in [0.25, 0.3) is 14.1 Å². The molecule has 0 N–H and O–H groups in total. The van der Waals surface area contributed by atoms with E-state index in [9.17, 15) is 0 Å². The van der Waals surface area contributed by atoms with E-state index in [1.165, 1.54) is 19.3 Å². The second kappa shape index (κ2) is 14.0. The van der Waals surface area contributed by atoms with E-state index >= 15 is 0 Å². The van der Waals surface area contributed by atoms with Gasteiger partial charge in [0.2, 0.25) is 0 Å². The molecule has 0 rings (SSSR count). The largest absolute Gasteiger partial charge is 0.261 e. The number of hydrogen-bond donors (Lipinski definition) is 0. The third kappa shape index (κ3) is 16.5. The molecule has 0 nitrogen and oxygen atoms in total. The summed E-state index contributed by atoms with van der Waals surface area (Å²) in [6, 6.07) is 0. The highest BCUT2D eigenvalue weighted by molar-refractivity contribution is 6.58. The van der Waals surface area contributed by atoms with Crippen molar-refractivity contribution in [2.45, 2.75) is 90.5 Å². The SMILES string of the molecule is CC.CC(C)C[CH2][Al]([CH2]CC(C)C)[CH2]CC(C)C. The van der Waals surface area contributed by atoms with Crippen LogP contribution in [0.3, 0.4) is 0 Å². The Labute approximate surface area is 122 Å². The Bertz CT molecular complexity index is 121. The average molecular weight is 270 g/mol. The normalized spacial score (nSPS) is 10.8. The molecule has 110 valence electrons. The topological polar surface area (TPSA) is 0 Å². The maximum Gasteiger partial charge on any atom is 0.261 e. The molecule has 0 radical (unpaired) electrons. The first-order valence-corrected chi connectivity index (χ1v) is 10.9. The van der Waals surface area contributed by atoms with Crippen LogP contribution in [-0.4, -0.2) is 14.1 Å². The average Bonchev–Trinajstić information content (AvgIpc) is 2.29. The van der Waals surface area contributed by atoms with E-state index in [4.69, 9.17) is 0 Å². The van der Waals surface area contributed by atoms with Crippen LogP contribution in [0, 0.1) is 17.8 Å². The summed E-state index contributed by atoms with van der Waals surface area (Å²) in [5.74, 6) is 2.73. The van der Waals surface area contributed by atoms with Gasteiger partial charge in [-0.1, -0.05) is 90.5 Å². The number of hydrogen-bond acceptors (Lipinski definition) is 0. The molecule has 0 aromatic rings. The molecule has 0 aliphatic carbocycles. The van der Waals surface area contributed by atoms with Crippen LogP contribution in [0.15, 0.2) is 0 Å². The van der Waals surface area contributed by atoms with Crippen molar-refractivity contribution >= 4 is 14.1 Å². The summed E-state index contributed by atoms with van der Waals surface area (Å²) in [5, 5.41) is 4.78. The van der Waals surface area contributed by atoms with Crippen LogP contribution in [0.1, 0.15) is 74.7 Å². The Balaban J connectivity index is 0. The molecule has 0 spiro atoms. The Morgan fingerprint density at radius 2 is 0.778 bits per heavy atom. The van der Waals surface area contributed by atoms with E-state index in [2.05, 4.69) is 41.5 Å². The predicted molar refractivity (Wildman–Crippen MR) is 89.9 cm³/mol. The van der Waals surface area contributed by atoms with Crippen LogP contribution in [-0.2, 0) is 0 Å². The van der Waals surface area contributed by atoms with E-state index < -0.39 is 14.1 Å². The predicted octanol–water partition coefficient (Wildman–Crippen LogP) is 6.65. The van der Waals surface area contributed by atoms with Crippen molar-refractivity contribution in [2.24, 2.45) is 17.8 Å². The fourth-order valence-corrected chi connectivity index (χ4v) is 6.42. The first kappa shape index (κ1) is 20.8. The zero-order valence-corrected chi connectivity index (χ0v) is 15.7. The minimum absolute atomic E-state index is 0.402. The highest BCUT2D eigenvalue weighted by Gasteiger charge is 2.17. The summed E-state index contributed by atoms with van der Waals surface area (Å²) < 4.78 is 0. The van der Waals surface area contributed by atoms with Gasteiger partial charge in [-0.3, -0.25) is 0 Å². The molecule has 0 saturated carbocycles. The molecule has 0 fully saturated rings. The Hall–Kier alpha value is 0.532. The van der Waals surface area contributed by atoms with Crippen molar-refractivity contribution in [3.63, 3.8) is 0 Å². The highest BCUT2D eigenvalue weighted by Crippen LogP contribution is 2.20. The van der Waals surface area contributed by atoms with Gasteiger partial charge in [0, 0.05) is 0 Å². The van der Waals surface area contributed by atoms with Gasteiger partial charge in [-0.15, -0.1) is 0 Å². The van der Waals surface area contributed by atoms with Crippen molar-refractivity contribution in [1.29, 1.82) is 0 Å². The lowest BCUT2D eigenvalue weighted by atomic mass is 10.1. The smallest absolute Gasteiger partial charge is 0.0936 e. The van der Waals surface area contributed by atoms with Gasteiger partial charge in [0.05, 0.1) is 0 Å². The highest BCUT2D eigenvalue weighted by atomic mass is 27.2. The Morgan fingerprint density at radius 1 is 0.556 bits per heavy atom. The molecule has 1 heteroatoms. The molecular formula is C17H39Al. The van der Waals surface area contributed by atoms with Gasteiger partial charge in [-0.2, -0.15) is 0 Å². The molecule has 0 bridgehead atoms. The lowest BCUT2D eigenvalue weighted by molar-refractivity contribution is 0.592. The Morgan fingerprint density at radius 3 is 0.944 bits per heavy atom. The summed E-state index contributed by atoms with van der Waals surface area (Å²) >= 11 is -0.402. The maximum atomic E-state index is 2.37. The first-order valence-electron chi connectivity index (χ1n) is 8.41. The second-order valence-corrected chi connectivity index (χ2v) is 10.2. The summed E-state index contributed by atoms with van der Waals surface area (Å²) in [7, 11) is 0. The van der Waals surface area contributed by atoms with Crippen LogP contribution in [0.2, 0.25) is 15.8 Å². The van der Waals surface area contributed by atoms with E-state index in [-0.39, 0.29) is 0 Å². The van der Waals surface area contributed by atoms with Crippen LogP contribution in [0.4, 0.5) is 0 Å². The fourth-order valence-electron chi connectivity index (χ4n) is 2.14. The summed E-state index contributed by atoms with van der Waals surface area (Å²) in [4.78, 5) is 0. The molecule has 0 aliphatic rings. The minimum atomic E-state index is -0.402. The minimum Gasteiger partial charge on any atom is -0.0936 e. The zero-order chi connectivity index (χ0) is 14.6. The third-order valence-electron chi connectivity index (χ3n) is 3.46. The van der Waals surface area contributed by atoms with Gasteiger partial charge < -0.3 is 0 Å². The fraction of sp³-hybridized carbons (Fsp3) is 1.00. The number of rotatable bonds is 9. The first-order chi connectivity index (χ1) is 8.41. The quantitative estimate of drug-likeness (QED) is 0.412. The van der Waals surface area contributed by atoms with Crippen LogP contribution in [0.5, 0.6) is 0 Å². The molecule has 0 amide bonds. The van der Waals surface area contributed by atoms with Crippen molar-refractivity contribution in [3.05, 3.63) is 0 Å². The zero-order valence-electron chi connectivity index (χ0n) is 14.6. The monoisotopic (exact) mass is 270 g/mol. The lowest BCUT2D eigenvalue weighted by Gasteiger charge is -2.15. The molecule has 0 heterocycles. The van der Waals surface area contributed by atoms with Gasteiger partial charge in [-0.25, -0.2) is 0 Å². The standard InChI is InChI=1S/3C5H11.C2H6.Al/c3*1-4-5(2)3;1-2;/h3*5H,1,4H2,2-3H3;1-2H3;. The summed E-state index contributed by atoms with van der Waals surface area (Å²) in [6.45, 7) is 18.2. The molecule has 0 aliphatic heterocycles. The molecule has 0 aromatic carbocycles. The Kier molecular flexibility index (Phi) is 16.2. The van der Waals surface area contributed by atoms with Crippen LogP contribution >= 0.6 is 0 Å². The molecule has 0 saturated heterocycles. The van der Waals surface area contributed by atoms with E-state index in [1.807, 2.05) is 13.8 Å². The molecule has 0 unspecified atom stereocenters. The molecule has 0 aromatic heterocycles. The molecule has 18 heavy (non-hydrogen) atoms. The van der Waals surface area contributed by atoms with Gasteiger partial charge in [-0.05, 0) is 17.8 Å². The van der Waals surface area contributed by atoms with Crippen LogP contribution < -0.4 is 0 Å².